The van der Waals surface area contributed by atoms with Crippen molar-refractivity contribution in [3.05, 3.63) is 23.5 Å². The van der Waals surface area contributed by atoms with Crippen LogP contribution in [-0.4, -0.2) is 11.0 Å². The quantitative estimate of drug-likeness (QED) is 0.792. The van der Waals surface area contributed by atoms with Crippen LogP contribution in [0.25, 0.3) is 0 Å². The lowest BCUT2D eigenvalue weighted by Crippen LogP contribution is -2.22. The van der Waals surface area contributed by atoms with Crippen LogP contribution < -0.4 is 5.32 Å². The normalized spacial score (nSPS) is 14.4. The maximum Gasteiger partial charge on any atom is 0.0606 e. The van der Waals surface area contributed by atoms with Crippen molar-refractivity contribution in [3.63, 3.8) is 0 Å². The van der Waals surface area contributed by atoms with Gasteiger partial charge >= 0.3 is 0 Å². The first-order valence-corrected chi connectivity index (χ1v) is 6.77. The Bertz CT molecular complexity index is 347. The molecule has 0 bridgehead atoms. The smallest absolute Gasteiger partial charge is 0.0606 e. The van der Waals surface area contributed by atoms with E-state index in [2.05, 4.69) is 50.1 Å². The molecule has 0 amide bonds. The summed E-state index contributed by atoms with van der Waals surface area (Å²) >= 11 is 0. The fourth-order valence-corrected chi connectivity index (χ4v) is 2.04. The highest BCUT2D eigenvalue weighted by Gasteiger charge is 2.11. The molecule has 0 aliphatic rings. The van der Waals surface area contributed by atoms with Crippen LogP contribution in [0, 0.1) is 19.8 Å². The van der Waals surface area contributed by atoms with E-state index in [-0.39, 0.29) is 0 Å². The van der Waals surface area contributed by atoms with E-state index in [9.17, 15) is 0 Å². The molecule has 96 valence electrons. The summed E-state index contributed by atoms with van der Waals surface area (Å²) in [7, 11) is 0. The number of nitrogens with zero attached hydrogens (tertiary/aromatic N) is 1. The fourth-order valence-electron chi connectivity index (χ4n) is 2.04. The third-order valence-corrected chi connectivity index (χ3v) is 3.46. The lowest BCUT2D eigenvalue weighted by molar-refractivity contribution is 0.461. The Morgan fingerprint density at radius 1 is 1.18 bits per heavy atom. The summed E-state index contributed by atoms with van der Waals surface area (Å²) in [6, 6.07) is 4.79. The van der Waals surface area contributed by atoms with Gasteiger partial charge in [0.2, 0.25) is 0 Å². The predicted molar refractivity (Wildman–Crippen MR) is 75.5 cm³/mol. The molecule has 2 heteroatoms. The van der Waals surface area contributed by atoms with Gasteiger partial charge in [-0.1, -0.05) is 27.2 Å². The van der Waals surface area contributed by atoms with Crippen LogP contribution in [0.2, 0.25) is 0 Å². The molecule has 0 saturated heterocycles. The molecule has 2 unspecified atom stereocenters. The summed E-state index contributed by atoms with van der Waals surface area (Å²) in [4.78, 5) is 4.50. The zero-order chi connectivity index (χ0) is 12.8. The minimum atomic E-state index is 0.563. The molecule has 0 radical (unpaired) electrons. The summed E-state index contributed by atoms with van der Waals surface area (Å²) in [5.74, 6) is 0.783. The highest BCUT2D eigenvalue weighted by Crippen LogP contribution is 2.19. The number of hydrogen-bond donors (Lipinski definition) is 1. The highest BCUT2D eigenvalue weighted by molar-refractivity contribution is 5.48. The van der Waals surface area contributed by atoms with Crippen molar-refractivity contribution >= 4 is 5.69 Å². The van der Waals surface area contributed by atoms with Crippen LogP contribution in [0.3, 0.4) is 0 Å². The molecule has 1 rings (SSSR count). The molecule has 2 atom stereocenters. The van der Waals surface area contributed by atoms with Crippen molar-refractivity contribution in [1.29, 1.82) is 0 Å². The van der Waals surface area contributed by atoms with Gasteiger partial charge in [-0.3, -0.25) is 4.98 Å². The second-order valence-electron chi connectivity index (χ2n) is 5.08. The molecule has 1 aromatic heterocycles. The van der Waals surface area contributed by atoms with Crippen molar-refractivity contribution < 1.29 is 0 Å². The summed E-state index contributed by atoms with van der Waals surface area (Å²) in [5, 5.41) is 3.63. The molecular formula is C15H26N2. The summed E-state index contributed by atoms with van der Waals surface area (Å²) in [6.07, 6.45) is 3.65. The van der Waals surface area contributed by atoms with Crippen LogP contribution >= 0.6 is 0 Å². The standard InChI is InChI=1S/C15H26N2/c1-6-11(3)10-14(7-2)17-15-9-8-12(4)16-13(15)5/h8-9,11,14,17H,6-7,10H2,1-5H3. The van der Waals surface area contributed by atoms with E-state index >= 15 is 0 Å². The third-order valence-electron chi connectivity index (χ3n) is 3.46. The Morgan fingerprint density at radius 3 is 2.41 bits per heavy atom. The molecule has 0 spiro atoms. The number of rotatable bonds is 6. The first-order chi connectivity index (χ1) is 8.06. The zero-order valence-corrected chi connectivity index (χ0v) is 11.9. The third kappa shape index (κ3) is 4.37. The van der Waals surface area contributed by atoms with Gasteiger partial charge in [0.25, 0.3) is 0 Å². The highest BCUT2D eigenvalue weighted by atomic mass is 14.9. The van der Waals surface area contributed by atoms with E-state index in [1.165, 1.54) is 18.5 Å². The second-order valence-corrected chi connectivity index (χ2v) is 5.08. The molecular weight excluding hydrogens is 208 g/mol. The minimum Gasteiger partial charge on any atom is -0.381 e. The summed E-state index contributed by atoms with van der Waals surface area (Å²) in [5.41, 5.74) is 3.38. The molecule has 2 nitrogen and oxygen atoms in total. The van der Waals surface area contributed by atoms with Crippen LogP contribution in [0.1, 0.15) is 51.4 Å². The average Bonchev–Trinajstić information content (AvgIpc) is 2.31. The van der Waals surface area contributed by atoms with Gasteiger partial charge in [-0.25, -0.2) is 0 Å². The SMILES string of the molecule is CCC(C)CC(CC)Nc1ccc(C)nc1C. The fraction of sp³-hybridized carbons (Fsp3) is 0.667. The van der Waals surface area contributed by atoms with Gasteiger partial charge < -0.3 is 5.32 Å². The topological polar surface area (TPSA) is 24.9 Å². The van der Waals surface area contributed by atoms with Gasteiger partial charge in [0.1, 0.15) is 0 Å². The Hall–Kier alpha value is -1.05. The summed E-state index contributed by atoms with van der Waals surface area (Å²) in [6.45, 7) is 10.9. The molecule has 0 aromatic carbocycles. The number of nitrogens with one attached hydrogen (secondary N) is 1. The minimum absolute atomic E-state index is 0.563. The number of anilines is 1. The molecule has 1 aromatic rings. The molecule has 0 aliphatic carbocycles. The molecule has 0 aliphatic heterocycles. The van der Waals surface area contributed by atoms with Gasteiger partial charge in [0, 0.05) is 11.7 Å². The number of aryl methyl sites for hydroxylation is 2. The molecule has 1 N–H and O–H groups in total. The van der Waals surface area contributed by atoms with E-state index in [0.29, 0.717) is 6.04 Å². The van der Waals surface area contributed by atoms with E-state index in [1.807, 2.05) is 6.92 Å². The van der Waals surface area contributed by atoms with Crippen LogP contribution in [-0.2, 0) is 0 Å². The van der Waals surface area contributed by atoms with E-state index in [0.717, 1.165) is 23.7 Å². The molecule has 0 fully saturated rings. The zero-order valence-electron chi connectivity index (χ0n) is 11.9. The average molecular weight is 234 g/mol. The second kappa shape index (κ2) is 6.63. The van der Waals surface area contributed by atoms with Gasteiger partial charge in [0.15, 0.2) is 0 Å². The summed E-state index contributed by atoms with van der Waals surface area (Å²) < 4.78 is 0. The van der Waals surface area contributed by atoms with Crippen molar-refractivity contribution in [3.8, 4) is 0 Å². The Balaban J connectivity index is 2.67. The maximum atomic E-state index is 4.50. The van der Waals surface area contributed by atoms with E-state index in [4.69, 9.17) is 0 Å². The number of pyridine rings is 1. The lowest BCUT2D eigenvalue weighted by atomic mass is 9.97. The van der Waals surface area contributed by atoms with Crippen molar-refractivity contribution in [2.45, 2.75) is 59.9 Å². The molecule has 1 heterocycles. The van der Waals surface area contributed by atoms with Crippen molar-refractivity contribution in [1.82, 2.24) is 4.98 Å². The van der Waals surface area contributed by atoms with Crippen molar-refractivity contribution in [2.24, 2.45) is 5.92 Å². The van der Waals surface area contributed by atoms with Crippen molar-refractivity contribution in [2.75, 3.05) is 5.32 Å². The Morgan fingerprint density at radius 2 is 1.88 bits per heavy atom. The maximum absolute atomic E-state index is 4.50. The Kier molecular flexibility index (Phi) is 5.46. The van der Waals surface area contributed by atoms with Gasteiger partial charge in [-0.05, 0) is 44.7 Å². The van der Waals surface area contributed by atoms with E-state index < -0.39 is 0 Å². The van der Waals surface area contributed by atoms with Crippen LogP contribution in [0.4, 0.5) is 5.69 Å². The number of hydrogen-bond acceptors (Lipinski definition) is 2. The monoisotopic (exact) mass is 234 g/mol. The van der Waals surface area contributed by atoms with Crippen LogP contribution in [0.5, 0.6) is 0 Å². The van der Waals surface area contributed by atoms with Gasteiger partial charge in [0.05, 0.1) is 11.4 Å². The lowest BCUT2D eigenvalue weighted by Gasteiger charge is -2.22. The first-order valence-electron chi connectivity index (χ1n) is 6.77. The molecule has 0 saturated carbocycles. The Labute approximate surface area is 106 Å². The van der Waals surface area contributed by atoms with E-state index in [1.54, 1.807) is 0 Å². The molecule has 17 heavy (non-hydrogen) atoms. The van der Waals surface area contributed by atoms with Crippen LogP contribution in [0.15, 0.2) is 12.1 Å². The largest absolute Gasteiger partial charge is 0.381 e. The van der Waals surface area contributed by atoms with Gasteiger partial charge in [-0.2, -0.15) is 0 Å². The number of aromatic nitrogens is 1. The first kappa shape index (κ1) is 14.0. The predicted octanol–water partition coefficient (Wildman–Crippen LogP) is 4.33. The van der Waals surface area contributed by atoms with Gasteiger partial charge in [-0.15, -0.1) is 0 Å².